The van der Waals surface area contributed by atoms with Crippen LogP contribution in [-0.4, -0.2) is 11.8 Å². The lowest BCUT2D eigenvalue weighted by Crippen LogP contribution is -2.17. The number of fused-ring (bicyclic) bond motifs is 1. The maximum absolute atomic E-state index is 5.90. The van der Waals surface area contributed by atoms with Crippen LogP contribution in [0.4, 0.5) is 0 Å². The van der Waals surface area contributed by atoms with Gasteiger partial charge in [0, 0.05) is 22.7 Å². The van der Waals surface area contributed by atoms with Crippen LogP contribution in [-0.2, 0) is 0 Å². The Morgan fingerprint density at radius 1 is 1.58 bits per heavy atom. The summed E-state index contributed by atoms with van der Waals surface area (Å²) in [7, 11) is 0. The lowest BCUT2D eigenvalue weighted by molar-refractivity contribution is 0.775. The molecule has 0 aromatic heterocycles. The molecule has 2 atom stereocenters. The minimum atomic E-state index is 0.442. The predicted molar refractivity (Wildman–Crippen MR) is 55.1 cm³/mol. The van der Waals surface area contributed by atoms with Crippen LogP contribution >= 0.6 is 23.4 Å². The molecule has 0 aromatic rings. The molecular formula is C9H10ClNS. The molecule has 0 spiro atoms. The van der Waals surface area contributed by atoms with E-state index >= 15 is 0 Å². The van der Waals surface area contributed by atoms with E-state index in [1.54, 1.807) is 0 Å². The molecule has 0 amide bonds. The summed E-state index contributed by atoms with van der Waals surface area (Å²) in [6, 6.07) is 0. The Kier molecular flexibility index (Phi) is 2.31. The van der Waals surface area contributed by atoms with E-state index < -0.39 is 0 Å². The highest BCUT2D eigenvalue weighted by Crippen LogP contribution is 2.40. The van der Waals surface area contributed by atoms with E-state index in [1.807, 2.05) is 17.8 Å². The molecule has 2 N–H and O–H groups in total. The van der Waals surface area contributed by atoms with Crippen molar-refractivity contribution < 1.29 is 0 Å². The number of nitrogens with two attached hydrogens (primary N) is 1. The summed E-state index contributed by atoms with van der Waals surface area (Å²) >= 11 is 7.73. The van der Waals surface area contributed by atoms with Crippen molar-refractivity contribution >= 4 is 23.4 Å². The zero-order valence-corrected chi connectivity index (χ0v) is 8.11. The monoisotopic (exact) mass is 199 g/mol. The van der Waals surface area contributed by atoms with Crippen molar-refractivity contribution in [1.29, 1.82) is 0 Å². The fraction of sp³-hybridized carbons (Fsp3) is 0.333. The molecule has 0 radical (unpaired) electrons. The van der Waals surface area contributed by atoms with Gasteiger partial charge in [0.2, 0.25) is 0 Å². The Hall–Kier alpha value is -0.180. The number of hydrogen-bond donors (Lipinski definition) is 1. The summed E-state index contributed by atoms with van der Waals surface area (Å²) < 4.78 is 0. The zero-order chi connectivity index (χ0) is 8.55. The standard InChI is InChI=1S/C9H10ClNS/c10-7-1-2-9-8(3-7)6(4-11)5-12-9/h1-3,5,8-9H,4,11H2. The van der Waals surface area contributed by atoms with Gasteiger partial charge in [-0.25, -0.2) is 0 Å². The molecule has 0 saturated carbocycles. The SMILES string of the molecule is NCC1=CSC2C=CC(Cl)=CC12. The zero-order valence-electron chi connectivity index (χ0n) is 6.53. The van der Waals surface area contributed by atoms with Crippen molar-refractivity contribution in [2.75, 3.05) is 6.54 Å². The van der Waals surface area contributed by atoms with Crippen molar-refractivity contribution in [1.82, 2.24) is 0 Å². The molecule has 3 heteroatoms. The van der Waals surface area contributed by atoms with Crippen LogP contribution in [0.5, 0.6) is 0 Å². The summed E-state index contributed by atoms with van der Waals surface area (Å²) in [5.74, 6) is 0.442. The number of hydrogen-bond acceptors (Lipinski definition) is 2. The molecule has 0 aromatic carbocycles. The lowest BCUT2D eigenvalue weighted by atomic mass is 9.93. The molecule has 0 fully saturated rings. The van der Waals surface area contributed by atoms with Gasteiger partial charge in [0.15, 0.2) is 0 Å². The largest absolute Gasteiger partial charge is 0.327 e. The quantitative estimate of drug-likeness (QED) is 0.701. The molecule has 1 aliphatic heterocycles. The van der Waals surface area contributed by atoms with Gasteiger partial charge in [-0.2, -0.15) is 0 Å². The van der Waals surface area contributed by atoms with Crippen LogP contribution in [0.2, 0.25) is 0 Å². The summed E-state index contributed by atoms with van der Waals surface area (Å²) in [6.07, 6.45) is 6.20. The van der Waals surface area contributed by atoms with Crippen LogP contribution < -0.4 is 5.73 Å². The van der Waals surface area contributed by atoms with Crippen LogP contribution in [0, 0.1) is 5.92 Å². The molecule has 2 rings (SSSR count). The Labute approximate surface area is 81.3 Å². The summed E-state index contributed by atoms with van der Waals surface area (Å²) in [5, 5.41) is 3.52. The normalized spacial score (nSPS) is 32.8. The van der Waals surface area contributed by atoms with Crippen LogP contribution in [0.15, 0.2) is 34.2 Å². The van der Waals surface area contributed by atoms with E-state index in [9.17, 15) is 0 Å². The van der Waals surface area contributed by atoms with Gasteiger partial charge in [0.25, 0.3) is 0 Å². The van der Waals surface area contributed by atoms with Gasteiger partial charge >= 0.3 is 0 Å². The molecule has 12 heavy (non-hydrogen) atoms. The van der Waals surface area contributed by atoms with E-state index in [-0.39, 0.29) is 0 Å². The van der Waals surface area contributed by atoms with E-state index in [4.69, 9.17) is 17.3 Å². The number of allylic oxidation sites excluding steroid dienone is 3. The highest BCUT2D eigenvalue weighted by Gasteiger charge is 2.28. The first kappa shape index (κ1) is 8.42. The minimum absolute atomic E-state index is 0.442. The predicted octanol–water partition coefficient (Wildman–Crippen LogP) is 2.25. The summed E-state index contributed by atoms with van der Waals surface area (Å²) in [6.45, 7) is 0.642. The minimum Gasteiger partial charge on any atom is -0.327 e. The lowest BCUT2D eigenvalue weighted by Gasteiger charge is -2.18. The van der Waals surface area contributed by atoms with Gasteiger partial charge in [-0.1, -0.05) is 23.8 Å². The molecule has 1 heterocycles. The maximum atomic E-state index is 5.90. The first-order chi connectivity index (χ1) is 5.81. The van der Waals surface area contributed by atoms with E-state index in [0.29, 0.717) is 17.7 Å². The van der Waals surface area contributed by atoms with Gasteiger partial charge in [0.05, 0.1) is 0 Å². The van der Waals surface area contributed by atoms with Crippen molar-refractivity contribution in [3.8, 4) is 0 Å². The number of halogens is 1. The van der Waals surface area contributed by atoms with Crippen LogP contribution in [0.25, 0.3) is 0 Å². The third-order valence-electron chi connectivity index (χ3n) is 2.18. The van der Waals surface area contributed by atoms with E-state index in [0.717, 1.165) is 5.03 Å². The Morgan fingerprint density at radius 3 is 3.17 bits per heavy atom. The molecule has 2 unspecified atom stereocenters. The summed E-state index contributed by atoms with van der Waals surface area (Å²) in [4.78, 5) is 0. The Balaban J connectivity index is 2.24. The second kappa shape index (κ2) is 3.29. The van der Waals surface area contributed by atoms with E-state index in [1.165, 1.54) is 5.57 Å². The average molecular weight is 200 g/mol. The van der Waals surface area contributed by atoms with Crippen LogP contribution in [0.3, 0.4) is 0 Å². The molecule has 0 bridgehead atoms. The molecule has 1 nitrogen and oxygen atoms in total. The van der Waals surface area contributed by atoms with Crippen molar-refractivity contribution in [2.24, 2.45) is 11.7 Å². The second-order valence-electron chi connectivity index (χ2n) is 2.93. The van der Waals surface area contributed by atoms with Gasteiger partial charge < -0.3 is 5.73 Å². The fourth-order valence-electron chi connectivity index (χ4n) is 1.51. The van der Waals surface area contributed by atoms with Gasteiger partial charge in [0.1, 0.15) is 0 Å². The van der Waals surface area contributed by atoms with Gasteiger partial charge in [-0.05, 0) is 17.1 Å². The highest BCUT2D eigenvalue weighted by atomic mass is 35.5. The molecule has 0 saturated heterocycles. The molecule has 2 aliphatic rings. The van der Waals surface area contributed by atoms with Crippen molar-refractivity contribution in [3.63, 3.8) is 0 Å². The maximum Gasteiger partial charge on any atom is 0.0373 e. The fourth-order valence-corrected chi connectivity index (χ4v) is 2.89. The first-order valence-corrected chi connectivity index (χ1v) is 5.23. The van der Waals surface area contributed by atoms with Crippen LogP contribution in [0.1, 0.15) is 0 Å². The number of thioether (sulfide) groups is 1. The Bertz CT molecular complexity index is 280. The highest BCUT2D eigenvalue weighted by molar-refractivity contribution is 8.03. The number of rotatable bonds is 1. The van der Waals surface area contributed by atoms with Crippen molar-refractivity contribution in [3.05, 3.63) is 34.2 Å². The molecular weight excluding hydrogens is 190 g/mol. The first-order valence-electron chi connectivity index (χ1n) is 3.91. The molecule has 1 aliphatic carbocycles. The molecule has 64 valence electrons. The third kappa shape index (κ3) is 1.35. The summed E-state index contributed by atoms with van der Waals surface area (Å²) in [5.41, 5.74) is 6.91. The van der Waals surface area contributed by atoms with Crippen molar-refractivity contribution in [2.45, 2.75) is 5.25 Å². The second-order valence-corrected chi connectivity index (χ2v) is 4.42. The van der Waals surface area contributed by atoms with E-state index in [2.05, 4.69) is 17.6 Å². The third-order valence-corrected chi connectivity index (χ3v) is 3.63. The Morgan fingerprint density at radius 2 is 2.42 bits per heavy atom. The average Bonchev–Trinajstić information content (AvgIpc) is 2.46. The van der Waals surface area contributed by atoms with Gasteiger partial charge in [-0.15, -0.1) is 11.8 Å². The topological polar surface area (TPSA) is 26.0 Å². The smallest absolute Gasteiger partial charge is 0.0373 e. The van der Waals surface area contributed by atoms with Gasteiger partial charge in [-0.3, -0.25) is 0 Å².